The Kier molecular flexibility index (Phi) is 3.40. The molecule has 0 bridgehead atoms. The fourth-order valence-corrected chi connectivity index (χ4v) is 1.94. The molecule has 0 aromatic carbocycles. The molecule has 96 valence electrons. The third-order valence-corrected chi connectivity index (χ3v) is 3.16. The Morgan fingerprint density at radius 3 is 1.59 bits per heavy atom. The number of nitrogens with one attached hydrogen (secondary N) is 2. The molecule has 2 saturated carbocycles. The van der Waals surface area contributed by atoms with Crippen molar-refractivity contribution in [3.63, 3.8) is 0 Å². The average molecular weight is 238 g/mol. The van der Waals surface area contributed by atoms with Crippen molar-refractivity contribution in [2.45, 2.75) is 64.5 Å². The van der Waals surface area contributed by atoms with Gasteiger partial charge in [0.05, 0.1) is 0 Å². The molecule has 0 atom stereocenters. The van der Waals surface area contributed by atoms with Crippen LogP contribution in [0.3, 0.4) is 0 Å². The second kappa shape index (κ2) is 4.67. The lowest BCUT2D eigenvalue weighted by atomic mass is 9.85. The maximum atomic E-state index is 11.7. The summed E-state index contributed by atoms with van der Waals surface area (Å²) in [5.41, 5.74) is -0.252. The fraction of sp³-hybridized carbons (Fsp3) is 0.846. The van der Waals surface area contributed by atoms with Gasteiger partial charge in [-0.1, -0.05) is 13.8 Å². The summed E-state index contributed by atoms with van der Waals surface area (Å²) in [4.78, 5) is 23.4. The van der Waals surface area contributed by atoms with E-state index in [1.807, 2.05) is 13.8 Å². The van der Waals surface area contributed by atoms with Gasteiger partial charge in [-0.15, -0.1) is 0 Å². The Morgan fingerprint density at radius 1 is 0.941 bits per heavy atom. The van der Waals surface area contributed by atoms with Gasteiger partial charge in [0.2, 0.25) is 11.8 Å². The second-order valence-electron chi connectivity index (χ2n) is 6.20. The van der Waals surface area contributed by atoms with Crippen molar-refractivity contribution in [2.75, 3.05) is 0 Å². The largest absolute Gasteiger partial charge is 0.353 e. The van der Waals surface area contributed by atoms with E-state index >= 15 is 0 Å². The molecule has 2 fully saturated rings. The number of carbonyl (C=O) groups excluding carboxylic acids is 2. The van der Waals surface area contributed by atoms with Gasteiger partial charge < -0.3 is 10.6 Å². The number of rotatable bonds is 6. The van der Waals surface area contributed by atoms with Crippen LogP contribution in [-0.4, -0.2) is 23.9 Å². The molecular weight excluding hydrogens is 216 g/mol. The molecule has 2 aliphatic rings. The molecule has 0 aromatic rings. The minimum Gasteiger partial charge on any atom is -0.353 e. The van der Waals surface area contributed by atoms with Crippen molar-refractivity contribution >= 4 is 11.8 Å². The molecule has 0 aliphatic heterocycles. The monoisotopic (exact) mass is 238 g/mol. The van der Waals surface area contributed by atoms with Gasteiger partial charge in [-0.2, -0.15) is 0 Å². The Balaban J connectivity index is 1.71. The highest BCUT2D eigenvalue weighted by Crippen LogP contribution is 2.27. The van der Waals surface area contributed by atoms with Gasteiger partial charge in [0.25, 0.3) is 0 Å². The van der Waals surface area contributed by atoms with E-state index in [1.54, 1.807) is 0 Å². The van der Waals surface area contributed by atoms with Crippen molar-refractivity contribution in [3.8, 4) is 0 Å². The van der Waals surface area contributed by atoms with Crippen LogP contribution < -0.4 is 10.6 Å². The van der Waals surface area contributed by atoms with E-state index in [0.29, 0.717) is 24.9 Å². The van der Waals surface area contributed by atoms with Gasteiger partial charge >= 0.3 is 0 Å². The molecule has 17 heavy (non-hydrogen) atoms. The molecule has 0 radical (unpaired) electrons. The Hall–Kier alpha value is -1.06. The standard InChI is InChI=1S/C13H22N2O2/c1-13(2,7-11(16)14-9-3-4-9)8-12(17)15-10-5-6-10/h9-10H,3-8H2,1-2H3,(H,14,16)(H,15,17). The van der Waals surface area contributed by atoms with E-state index in [1.165, 1.54) is 0 Å². The predicted octanol–water partition coefficient (Wildman–Crippen LogP) is 1.35. The molecule has 2 amide bonds. The van der Waals surface area contributed by atoms with E-state index in [9.17, 15) is 9.59 Å². The Morgan fingerprint density at radius 2 is 1.29 bits per heavy atom. The van der Waals surface area contributed by atoms with E-state index in [4.69, 9.17) is 0 Å². The van der Waals surface area contributed by atoms with Crippen LogP contribution in [0.1, 0.15) is 52.4 Å². The minimum atomic E-state index is -0.252. The highest BCUT2D eigenvalue weighted by molar-refractivity contribution is 5.80. The Labute approximate surface area is 103 Å². The zero-order valence-electron chi connectivity index (χ0n) is 10.7. The maximum Gasteiger partial charge on any atom is 0.220 e. The average Bonchev–Trinajstić information content (AvgIpc) is 2.96. The highest BCUT2D eigenvalue weighted by Gasteiger charge is 2.31. The third-order valence-electron chi connectivity index (χ3n) is 3.16. The van der Waals surface area contributed by atoms with E-state index < -0.39 is 0 Å². The first kappa shape index (κ1) is 12.4. The van der Waals surface area contributed by atoms with Crippen molar-refractivity contribution in [2.24, 2.45) is 5.41 Å². The zero-order valence-corrected chi connectivity index (χ0v) is 10.7. The van der Waals surface area contributed by atoms with Crippen molar-refractivity contribution in [1.29, 1.82) is 0 Å². The van der Waals surface area contributed by atoms with E-state index in [-0.39, 0.29) is 17.2 Å². The molecule has 0 saturated heterocycles. The van der Waals surface area contributed by atoms with Crippen molar-refractivity contribution < 1.29 is 9.59 Å². The van der Waals surface area contributed by atoms with Gasteiger partial charge in [0.1, 0.15) is 0 Å². The van der Waals surface area contributed by atoms with Gasteiger partial charge in [-0.05, 0) is 31.1 Å². The van der Waals surface area contributed by atoms with Gasteiger partial charge in [-0.3, -0.25) is 9.59 Å². The first-order valence-corrected chi connectivity index (χ1v) is 6.53. The van der Waals surface area contributed by atoms with Gasteiger partial charge in [-0.25, -0.2) is 0 Å². The van der Waals surface area contributed by atoms with Crippen LogP contribution >= 0.6 is 0 Å². The Bertz CT molecular complexity index is 287. The third kappa shape index (κ3) is 4.75. The molecule has 2 N–H and O–H groups in total. The van der Waals surface area contributed by atoms with Crippen molar-refractivity contribution in [1.82, 2.24) is 10.6 Å². The first-order chi connectivity index (χ1) is 7.94. The summed E-state index contributed by atoms with van der Waals surface area (Å²) in [5.74, 6) is 0.161. The first-order valence-electron chi connectivity index (χ1n) is 6.53. The molecule has 4 heteroatoms. The highest BCUT2D eigenvalue weighted by atomic mass is 16.2. The van der Waals surface area contributed by atoms with E-state index in [2.05, 4.69) is 10.6 Å². The van der Waals surface area contributed by atoms with Crippen LogP contribution in [0.4, 0.5) is 0 Å². The van der Waals surface area contributed by atoms with Crippen LogP contribution in [0.5, 0.6) is 0 Å². The van der Waals surface area contributed by atoms with Crippen LogP contribution in [0, 0.1) is 5.41 Å². The summed E-state index contributed by atoms with van der Waals surface area (Å²) in [5, 5.41) is 5.93. The van der Waals surface area contributed by atoms with Gasteiger partial charge in [0, 0.05) is 24.9 Å². The molecule has 0 aromatic heterocycles. The SMILES string of the molecule is CC(C)(CC(=O)NC1CC1)CC(=O)NC1CC1. The summed E-state index contributed by atoms with van der Waals surface area (Å²) < 4.78 is 0. The van der Waals surface area contributed by atoms with Crippen LogP contribution in [0.15, 0.2) is 0 Å². The lowest BCUT2D eigenvalue weighted by molar-refractivity contribution is -0.126. The molecule has 2 aliphatic carbocycles. The summed E-state index contributed by atoms with van der Waals surface area (Å²) >= 11 is 0. The normalized spacial score (nSPS) is 19.9. The molecule has 0 heterocycles. The topological polar surface area (TPSA) is 58.2 Å². The summed E-state index contributed by atoms with van der Waals surface area (Å²) in [6.45, 7) is 3.96. The minimum absolute atomic E-state index is 0.0803. The van der Waals surface area contributed by atoms with Crippen molar-refractivity contribution in [3.05, 3.63) is 0 Å². The number of carbonyl (C=O) groups is 2. The fourth-order valence-electron chi connectivity index (χ4n) is 1.94. The van der Waals surface area contributed by atoms with Crippen LogP contribution in [0.25, 0.3) is 0 Å². The molecule has 0 unspecified atom stereocenters. The summed E-state index contributed by atoms with van der Waals surface area (Å²) in [6.07, 6.45) is 5.29. The lowest BCUT2D eigenvalue weighted by Gasteiger charge is -2.23. The van der Waals surface area contributed by atoms with Crippen LogP contribution in [0.2, 0.25) is 0 Å². The lowest BCUT2D eigenvalue weighted by Crippen LogP contribution is -2.34. The second-order valence-corrected chi connectivity index (χ2v) is 6.20. The summed E-state index contributed by atoms with van der Waals surface area (Å²) in [7, 11) is 0. The number of hydrogen-bond donors (Lipinski definition) is 2. The smallest absolute Gasteiger partial charge is 0.220 e. The van der Waals surface area contributed by atoms with Gasteiger partial charge in [0.15, 0.2) is 0 Å². The molecule has 2 rings (SSSR count). The zero-order chi connectivity index (χ0) is 12.5. The summed E-state index contributed by atoms with van der Waals surface area (Å²) in [6, 6.07) is 0.803. The van der Waals surface area contributed by atoms with Crippen LogP contribution in [-0.2, 0) is 9.59 Å². The number of hydrogen-bond acceptors (Lipinski definition) is 2. The molecule has 0 spiro atoms. The maximum absolute atomic E-state index is 11.7. The molecule has 4 nitrogen and oxygen atoms in total. The van der Waals surface area contributed by atoms with E-state index in [0.717, 1.165) is 25.7 Å². The quantitative estimate of drug-likeness (QED) is 0.734. The predicted molar refractivity (Wildman–Crippen MR) is 65.3 cm³/mol. The number of amides is 2. The molecular formula is C13H22N2O2.